The minimum Gasteiger partial charge on any atom is -0.317 e. The summed E-state index contributed by atoms with van der Waals surface area (Å²) in [5.74, 6) is -1.52. The van der Waals surface area contributed by atoms with Crippen LogP contribution in [0.2, 0.25) is 0 Å². The first-order chi connectivity index (χ1) is 7.74. The van der Waals surface area contributed by atoms with E-state index >= 15 is 0 Å². The first kappa shape index (κ1) is 13.1. The van der Waals surface area contributed by atoms with E-state index in [2.05, 4.69) is 12.2 Å². The van der Waals surface area contributed by atoms with Gasteiger partial charge in [-0.05, 0) is 56.5 Å². The van der Waals surface area contributed by atoms with Crippen LogP contribution in [0, 0.1) is 11.6 Å². The van der Waals surface area contributed by atoms with Gasteiger partial charge in [-0.3, -0.25) is 0 Å². The number of nitrogens with one attached hydrogen (secondary N) is 1. The van der Waals surface area contributed by atoms with Gasteiger partial charge in [-0.1, -0.05) is 13.0 Å². The van der Waals surface area contributed by atoms with Gasteiger partial charge in [0, 0.05) is 0 Å². The summed E-state index contributed by atoms with van der Waals surface area (Å²) in [6, 6.07) is 4.13. The Morgan fingerprint density at radius 1 is 1.06 bits per heavy atom. The largest absolute Gasteiger partial charge is 0.317 e. The minimum absolute atomic E-state index is 0.749. The summed E-state index contributed by atoms with van der Waals surface area (Å²) in [6.45, 7) is 4.18. The maximum Gasteiger partial charge on any atom is 0.159 e. The van der Waals surface area contributed by atoms with Gasteiger partial charge in [-0.15, -0.1) is 0 Å². The van der Waals surface area contributed by atoms with Crippen LogP contribution in [0.1, 0.15) is 31.7 Å². The molecule has 0 amide bonds. The van der Waals surface area contributed by atoms with E-state index in [1.54, 1.807) is 6.07 Å². The summed E-state index contributed by atoms with van der Waals surface area (Å²) in [5.41, 5.74) is 0.870. The SMILES string of the molecule is CCCNCCCCc1ccc(F)c(F)c1. The molecule has 90 valence electrons. The minimum atomic E-state index is -0.770. The fraction of sp³-hybridized carbons (Fsp3) is 0.538. The zero-order chi connectivity index (χ0) is 11.8. The molecule has 0 saturated carbocycles. The van der Waals surface area contributed by atoms with Gasteiger partial charge in [-0.2, -0.15) is 0 Å². The predicted molar refractivity (Wildman–Crippen MR) is 62.5 cm³/mol. The number of hydrogen-bond donors (Lipinski definition) is 1. The van der Waals surface area contributed by atoms with Crippen LogP contribution in [-0.4, -0.2) is 13.1 Å². The number of aryl methyl sites for hydroxylation is 1. The fourth-order valence-corrected chi connectivity index (χ4v) is 1.58. The van der Waals surface area contributed by atoms with Crippen LogP contribution in [0.3, 0.4) is 0 Å². The Hall–Kier alpha value is -0.960. The van der Waals surface area contributed by atoms with Crippen molar-refractivity contribution in [2.24, 2.45) is 0 Å². The topological polar surface area (TPSA) is 12.0 Å². The quantitative estimate of drug-likeness (QED) is 0.705. The summed E-state index contributed by atoms with van der Waals surface area (Å²) in [7, 11) is 0. The van der Waals surface area contributed by atoms with Crippen molar-refractivity contribution in [3.63, 3.8) is 0 Å². The molecule has 1 N–H and O–H groups in total. The summed E-state index contributed by atoms with van der Waals surface area (Å²) >= 11 is 0. The molecule has 0 fully saturated rings. The average molecular weight is 227 g/mol. The summed E-state index contributed by atoms with van der Waals surface area (Å²) in [5, 5.41) is 3.31. The molecule has 0 saturated heterocycles. The number of halogens is 2. The van der Waals surface area contributed by atoms with Crippen LogP contribution in [0.4, 0.5) is 8.78 Å². The second-order valence-electron chi connectivity index (χ2n) is 3.96. The third kappa shape index (κ3) is 4.71. The Bertz CT molecular complexity index is 313. The van der Waals surface area contributed by atoms with Crippen molar-refractivity contribution < 1.29 is 8.78 Å². The van der Waals surface area contributed by atoms with Gasteiger partial charge in [0.2, 0.25) is 0 Å². The maximum absolute atomic E-state index is 12.9. The Morgan fingerprint density at radius 2 is 1.88 bits per heavy atom. The Labute approximate surface area is 95.9 Å². The fourth-order valence-electron chi connectivity index (χ4n) is 1.58. The molecule has 0 aromatic heterocycles. The van der Waals surface area contributed by atoms with Gasteiger partial charge < -0.3 is 5.32 Å². The second-order valence-corrected chi connectivity index (χ2v) is 3.96. The van der Waals surface area contributed by atoms with Crippen molar-refractivity contribution in [3.05, 3.63) is 35.4 Å². The highest BCUT2D eigenvalue weighted by Gasteiger charge is 2.01. The third-order valence-electron chi connectivity index (χ3n) is 2.48. The molecule has 1 aromatic carbocycles. The standard InChI is InChI=1S/C13H19F2N/c1-2-8-16-9-4-3-5-11-6-7-12(14)13(15)10-11/h6-7,10,16H,2-5,8-9H2,1H3. The first-order valence-corrected chi connectivity index (χ1v) is 5.88. The number of hydrogen-bond acceptors (Lipinski definition) is 1. The van der Waals surface area contributed by atoms with Crippen LogP contribution >= 0.6 is 0 Å². The predicted octanol–water partition coefficient (Wildman–Crippen LogP) is 3.29. The average Bonchev–Trinajstić information content (AvgIpc) is 2.28. The van der Waals surface area contributed by atoms with Crippen molar-refractivity contribution in [2.75, 3.05) is 13.1 Å². The van der Waals surface area contributed by atoms with E-state index in [1.165, 1.54) is 12.1 Å². The van der Waals surface area contributed by atoms with E-state index in [1.807, 2.05) is 0 Å². The van der Waals surface area contributed by atoms with Crippen molar-refractivity contribution in [3.8, 4) is 0 Å². The molecule has 0 aliphatic heterocycles. The lowest BCUT2D eigenvalue weighted by atomic mass is 10.1. The molecular formula is C13H19F2N. The Balaban J connectivity index is 2.19. The summed E-state index contributed by atoms with van der Waals surface area (Å²) in [6.07, 6.45) is 4.02. The van der Waals surface area contributed by atoms with Crippen molar-refractivity contribution in [1.29, 1.82) is 0 Å². The third-order valence-corrected chi connectivity index (χ3v) is 2.48. The summed E-state index contributed by atoms with van der Waals surface area (Å²) < 4.78 is 25.5. The summed E-state index contributed by atoms with van der Waals surface area (Å²) in [4.78, 5) is 0. The number of benzene rings is 1. The van der Waals surface area contributed by atoms with Gasteiger partial charge in [0.1, 0.15) is 0 Å². The molecule has 0 aliphatic carbocycles. The van der Waals surface area contributed by atoms with Gasteiger partial charge in [0.05, 0.1) is 0 Å². The molecule has 0 atom stereocenters. The van der Waals surface area contributed by atoms with Gasteiger partial charge in [-0.25, -0.2) is 8.78 Å². The maximum atomic E-state index is 12.9. The molecule has 0 radical (unpaired) electrons. The highest BCUT2D eigenvalue weighted by Crippen LogP contribution is 2.10. The van der Waals surface area contributed by atoms with E-state index in [9.17, 15) is 8.78 Å². The smallest absolute Gasteiger partial charge is 0.159 e. The molecule has 16 heavy (non-hydrogen) atoms. The van der Waals surface area contributed by atoms with E-state index in [0.717, 1.165) is 44.3 Å². The van der Waals surface area contributed by atoms with Crippen LogP contribution < -0.4 is 5.32 Å². The van der Waals surface area contributed by atoms with E-state index < -0.39 is 11.6 Å². The lowest BCUT2D eigenvalue weighted by Crippen LogP contribution is -2.15. The molecule has 0 bridgehead atoms. The van der Waals surface area contributed by atoms with Crippen LogP contribution in [0.5, 0.6) is 0 Å². The highest BCUT2D eigenvalue weighted by atomic mass is 19.2. The molecule has 0 spiro atoms. The lowest BCUT2D eigenvalue weighted by molar-refractivity contribution is 0.506. The van der Waals surface area contributed by atoms with Crippen LogP contribution in [0.25, 0.3) is 0 Å². The molecule has 0 heterocycles. The van der Waals surface area contributed by atoms with Crippen LogP contribution in [-0.2, 0) is 6.42 Å². The normalized spacial score (nSPS) is 10.7. The van der Waals surface area contributed by atoms with Crippen molar-refractivity contribution in [1.82, 2.24) is 5.32 Å². The van der Waals surface area contributed by atoms with Crippen molar-refractivity contribution in [2.45, 2.75) is 32.6 Å². The van der Waals surface area contributed by atoms with Gasteiger partial charge in [0.25, 0.3) is 0 Å². The molecule has 1 nitrogen and oxygen atoms in total. The number of unbranched alkanes of at least 4 members (excludes halogenated alkanes) is 1. The van der Waals surface area contributed by atoms with E-state index in [4.69, 9.17) is 0 Å². The molecular weight excluding hydrogens is 208 g/mol. The van der Waals surface area contributed by atoms with E-state index in [0.29, 0.717) is 0 Å². The molecule has 1 rings (SSSR count). The zero-order valence-electron chi connectivity index (χ0n) is 9.73. The number of rotatable bonds is 7. The van der Waals surface area contributed by atoms with Gasteiger partial charge in [0.15, 0.2) is 11.6 Å². The van der Waals surface area contributed by atoms with Crippen molar-refractivity contribution >= 4 is 0 Å². The Morgan fingerprint density at radius 3 is 2.56 bits per heavy atom. The van der Waals surface area contributed by atoms with E-state index in [-0.39, 0.29) is 0 Å². The van der Waals surface area contributed by atoms with Gasteiger partial charge >= 0.3 is 0 Å². The first-order valence-electron chi connectivity index (χ1n) is 5.88. The molecule has 0 unspecified atom stereocenters. The monoisotopic (exact) mass is 227 g/mol. The Kier molecular flexibility index (Phi) is 6.01. The zero-order valence-corrected chi connectivity index (χ0v) is 9.73. The molecule has 3 heteroatoms. The highest BCUT2D eigenvalue weighted by molar-refractivity contribution is 5.17. The van der Waals surface area contributed by atoms with Crippen LogP contribution in [0.15, 0.2) is 18.2 Å². The molecule has 0 aliphatic rings. The molecule has 1 aromatic rings. The second kappa shape index (κ2) is 7.34. The lowest BCUT2D eigenvalue weighted by Gasteiger charge is -2.04.